The van der Waals surface area contributed by atoms with Crippen molar-refractivity contribution in [2.45, 2.75) is 78.1 Å². The highest BCUT2D eigenvalue weighted by molar-refractivity contribution is 6.05. The Balaban J connectivity index is 1.14. The maximum absolute atomic E-state index is 5.78. The average Bonchev–Trinajstić information content (AvgIpc) is 3.96. The predicted octanol–water partition coefficient (Wildman–Crippen LogP) is 20.2. The molecule has 84 heavy (non-hydrogen) atoms. The van der Waals surface area contributed by atoms with Crippen molar-refractivity contribution in [1.29, 1.82) is 0 Å². The molecule has 0 atom stereocenters. The molecule has 4 aromatic carbocycles. The molecule has 0 fully saturated rings. The molecule has 4 N–H and O–H groups in total. The third-order valence-electron chi connectivity index (χ3n) is 16.8. The lowest BCUT2D eigenvalue weighted by Crippen LogP contribution is -1.94. The molecule has 0 aliphatic carbocycles. The summed E-state index contributed by atoms with van der Waals surface area (Å²) in [5.74, 6) is 0. The number of aromatic nitrogens is 8. The number of rotatable bonds is 15. The van der Waals surface area contributed by atoms with Gasteiger partial charge in [-0.3, -0.25) is 0 Å². The summed E-state index contributed by atoms with van der Waals surface area (Å²) in [6.07, 6.45) is 28.6. The number of unbranched alkanes of at least 4 members (excludes halogenated alkanes) is 6. The van der Waals surface area contributed by atoms with Gasteiger partial charge in [-0.2, -0.15) is 0 Å². The molecule has 0 saturated carbocycles. The SMILES string of the molecule is CCCCCCc1c2nc(c(-c3ccccc3)c3ccc([nH]3)c(-c3c4nc(c(-c5ccccc5)c5ccc([nH]5)c(CCCCCC)c5nc(c(-c6ccccc6)c6ccc3[nH]6)C=C5)C=C4)c3nc(c(-c4ccccc4)c4ccc1[nH]4)C=C3)C=C2. The monoisotopic (exact) mass is 1090 g/mol. The molecule has 8 nitrogen and oxygen atoms in total. The van der Waals surface area contributed by atoms with E-state index in [1.165, 1.54) is 36.8 Å². The fraction of sp³-hybridized carbons (Fsp3) is 0.158. The van der Waals surface area contributed by atoms with Crippen molar-refractivity contribution in [2.24, 2.45) is 0 Å². The van der Waals surface area contributed by atoms with Crippen LogP contribution in [-0.4, -0.2) is 39.9 Å². The molecule has 4 aliphatic heterocycles. The van der Waals surface area contributed by atoms with Crippen LogP contribution in [0.4, 0.5) is 0 Å². The van der Waals surface area contributed by atoms with Gasteiger partial charge in [0.1, 0.15) is 0 Å². The van der Waals surface area contributed by atoms with Crippen molar-refractivity contribution in [3.8, 4) is 55.6 Å². The minimum absolute atomic E-state index is 0.798. The van der Waals surface area contributed by atoms with Crippen LogP contribution in [-0.2, 0) is 12.8 Å². The number of aromatic amines is 4. The second-order valence-electron chi connectivity index (χ2n) is 22.3. The lowest BCUT2D eigenvalue weighted by Gasteiger charge is -2.08. The zero-order valence-electron chi connectivity index (χ0n) is 47.6. The second-order valence-corrected chi connectivity index (χ2v) is 22.3. The van der Waals surface area contributed by atoms with E-state index in [1.807, 2.05) is 0 Å². The van der Waals surface area contributed by atoms with Gasteiger partial charge in [-0.25, -0.2) is 19.9 Å². The van der Waals surface area contributed by atoms with Crippen molar-refractivity contribution in [3.63, 3.8) is 0 Å². The van der Waals surface area contributed by atoms with Gasteiger partial charge in [-0.05, 0) is 145 Å². The van der Waals surface area contributed by atoms with Crippen molar-refractivity contribution in [2.75, 3.05) is 0 Å². The first-order valence-corrected chi connectivity index (χ1v) is 30.1. The molecule has 6 aromatic heterocycles. The van der Waals surface area contributed by atoms with Crippen LogP contribution >= 0.6 is 0 Å². The third-order valence-corrected chi connectivity index (χ3v) is 16.8. The average molecular weight is 1090 g/mol. The molecule has 16 bridgehead atoms. The van der Waals surface area contributed by atoms with Gasteiger partial charge in [-0.15, -0.1) is 0 Å². The van der Waals surface area contributed by atoms with E-state index in [0.29, 0.717) is 0 Å². The minimum Gasteiger partial charge on any atom is -0.355 e. The van der Waals surface area contributed by atoms with Gasteiger partial charge in [-0.1, -0.05) is 174 Å². The van der Waals surface area contributed by atoms with Gasteiger partial charge in [0.15, 0.2) is 0 Å². The van der Waals surface area contributed by atoms with E-state index < -0.39 is 0 Å². The van der Waals surface area contributed by atoms with Crippen molar-refractivity contribution in [3.05, 3.63) is 227 Å². The molecule has 10 heterocycles. The van der Waals surface area contributed by atoms with Gasteiger partial charge < -0.3 is 19.9 Å². The number of benzene rings is 4. The Hall–Kier alpha value is -9.92. The minimum atomic E-state index is 0.798. The Morgan fingerprint density at radius 2 is 0.476 bits per heavy atom. The summed E-state index contributed by atoms with van der Waals surface area (Å²) in [5, 5.41) is 0. The highest BCUT2D eigenvalue weighted by atomic mass is 14.8. The smallest absolute Gasteiger partial charge is 0.0738 e. The summed E-state index contributed by atoms with van der Waals surface area (Å²) in [7, 11) is 0. The Labute approximate surface area is 490 Å². The summed E-state index contributed by atoms with van der Waals surface area (Å²) in [4.78, 5) is 38.7. The van der Waals surface area contributed by atoms with Crippen molar-refractivity contribution >= 4 is 92.7 Å². The van der Waals surface area contributed by atoms with Crippen LogP contribution in [0.15, 0.2) is 170 Å². The summed E-state index contributed by atoms with van der Waals surface area (Å²) in [6.45, 7) is 4.54. The standard InChI is InChI=1S/C76H66N8/c1-3-5-7-21-31-53-55-33-37-59(77-55)71(49-23-13-9-14-24-49)63-41-45-67(81-63)75(68-46-42-64(82-68)72(50-25-15-10-16-26-50)60-38-34-56(53)78-60)76-69-47-43-65(83-69)73(51-27-17-11-18-28-51)61-39-35-57(79-61)54(32-22-8-6-4-2)58-36-40-62(80-58)74(52-29-19-12-20-30-52)66-44-48-70(76)84-66/h9-20,23-30,33-48,77,79,82,84H,3-8,21-22,31-32H2,1-2H3. The summed E-state index contributed by atoms with van der Waals surface area (Å²) in [5.41, 5.74) is 27.4. The molecule has 0 spiro atoms. The number of hydrogen-bond donors (Lipinski definition) is 4. The number of aryl methyl sites for hydroxylation is 2. The van der Waals surface area contributed by atoms with Crippen molar-refractivity contribution in [1.82, 2.24) is 39.9 Å². The van der Waals surface area contributed by atoms with Gasteiger partial charge in [0, 0.05) is 88.6 Å². The lowest BCUT2D eigenvalue weighted by molar-refractivity contribution is 0.667. The zero-order chi connectivity index (χ0) is 56.3. The molecule has 8 heteroatoms. The Bertz CT molecular complexity index is 4240. The summed E-state index contributed by atoms with van der Waals surface area (Å²) < 4.78 is 0. The molecule has 0 radical (unpaired) electrons. The molecule has 0 amide bonds. The highest BCUT2D eigenvalue weighted by Gasteiger charge is 2.24. The molecule has 10 aromatic rings. The van der Waals surface area contributed by atoms with Crippen LogP contribution in [0.3, 0.4) is 0 Å². The normalized spacial score (nSPS) is 12.5. The van der Waals surface area contributed by atoms with Crippen LogP contribution < -0.4 is 0 Å². The largest absolute Gasteiger partial charge is 0.355 e. The third kappa shape index (κ3) is 10.1. The molecule has 4 aliphatic rings. The van der Waals surface area contributed by atoms with E-state index in [1.54, 1.807) is 0 Å². The maximum Gasteiger partial charge on any atom is 0.0738 e. The van der Waals surface area contributed by atoms with Gasteiger partial charge in [0.05, 0.1) is 45.6 Å². The molecule has 14 rings (SSSR count). The predicted molar refractivity (Wildman–Crippen MR) is 354 cm³/mol. The van der Waals surface area contributed by atoms with Crippen LogP contribution in [0.5, 0.6) is 0 Å². The van der Waals surface area contributed by atoms with E-state index in [2.05, 4.69) is 252 Å². The number of hydrogen-bond acceptors (Lipinski definition) is 4. The molecular weight excluding hydrogens is 1020 g/mol. The first kappa shape index (κ1) is 52.2. The number of nitrogens with zero attached hydrogens (tertiary/aromatic N) is 4. The molecule has 410 valence electrons. The van der Waals surface area contributed by atoms with Crippen LogP contribution in [0.1, 0.15) is 122 Å². The maximum atomic E-state index is 5.78. The van der Waals surface area contributed by atoms with E-state index in [-0.39, 0.29) is 0 Å². The summed E-state index contributed by atoms with van der Waals surface area (Å²) >= 11 is 0. The van der Waals surface area contributed by atoms with Crippen LogP contribution in [0, 0.1) is 0 Å². The zero-order valence-corrected chi connectivity index (χ0v) is 47.6. The topological polar surface area (TPSA) is 115 Å². The van der Waals surface area contributed by atoms with Gasteiger partial charge >= 0.3 is 0 Å². The fourth-order valence-electron chi connectivity index (χ4n) is 12.7. The molecule has 0 saturated heterocycles. The molecule has 0 unspecified atom stereocenters. The van der Waals surface area contributed by atoms with E-state index in [0.717, 1.165) is 184 Å². The first-order chi connectivity index (χ1) is 41.6. The Kier molecular flexibility index (Phi) is 14.4. The summed E-state index contributed by atoms with van der Waals surface area (Å²) in [6, 6.07) is 60.4. The van der Waals surface area contributed by atoms with E-state index in [9.17, 15) is 0 Å². The fourth-order valence-corrected chi connectivity index (χ4v) is 12.7. The highest BCUT2D eigenvalue weighted by Crippen LogP contribution is 2.42. The Morgan fingerprint density at radius 1 is 0.238 bits per heavy atom. The van der Waals surface area contributed by atoms with E-state index in [4.69, 9.17) is 19.9 Å². The van der Waals surface area contributed by atoms with Crippen LogP contribution in [0.25, 0.3) is 148 Å². The van der Waals surface area contributed by atoms with Gasteiger partial charge in [0.2, 0.25) is 0 Å². The van der Waals surface area contributed by atoms with Crippen molar-refractivity contribution < 1.29 is 0 Å². The van der Waals surface area contributed by atoms with Gasteiger partial charge in [0.25, 0.3) is 0 Å². The second kappa shape index (κ2) is 23.1. The quantitative estimate of drug-likeness (QED) is 0.0766. The van der Waals surface area contributed by atoms with E-state index >= 15 is 0 Å². The number of H-pyrrole nitrogens is 4. The Morgan fingerprint density at radius 3 is 0.774 bits per heavy atom. The van der Waals surface area contributed by atoms with Crippen LogP contribution in [0.2, 0.25) is 0 Å². The number of fused-ring (bicyclic) bond motifs is 16. The lowest BCUT2D eigenvalue weighted by atomic mass is 10.0. The molecular formula is C76H66N8. The first-order valence-electron chi connectivity index (χ1n) is 30.1. The number of nitrogens with one attached hydrogen (secondary N) is 4.